The van der Waals surface area contributed by atoms with Crippen LogP contribution >= 0.6 is 0 Å². The molecule has 14 nitrogen and oxygen atoms in total. The zero-order valence-corrected chi connectivity index (χ0v) is 21.1. The Hall–Kier alpha value is -4.07. The molecule has 1 aliphatic rings. The van der Waals surface area contributed by atoms with E-state index in [4.69, 9.17) is 28.4 Å². The van der Waals surface area contributed by atoms with Crippen LogP contribution in [0.5, 0.6) is 0 Å². The fourth-order valence-corrected chi connectivity index (χ4v) is 4.01. The maximum atomic E-state index is 12.3. The summed E-state index contributed by atoms with van der Waals surface area (Å²) in [6, 6.07) is 1.50. The van der Waals surface area contributed by atoms with E-state index in [2.05, 4.69) is 9.97 Å². The molecule has 0 N–H and O–H groups in total. The summed E-state index contributed by atoms with van der Waals surface area (Å²) in [4.78, 5) is 68.6. The van der Waals surface area contributed by atoms with E-state index in [0.717, 1.165) is 20.8 Å². The highest BCUT2D eigenvalue weighted by molar-refractivity contribution is 6.01. The summed E-state index contributed by atoms with van der Waals surface area (Å²) in [6.07, 6.45) is -5.16. The molecule has 0 spiro atoms. The summed E-state index contributed by atoms with van der Waals surface area (Å²) in [5.74, 6) is -3.54. The van der Waals surface area contributed by atoms with E-state index in [1.807, 2.05) is 0 Å². The highest BCUT2D eigenvalue weighted by atomic mass is 16.7. The molecule has 1 fully saturated rings. The second-order valence-corrected chi connectivity index (χ2v) is 8.22. The Labute approximate surface area is 211 Å². The second kappa shape index (κ2) is 11.3. The van der Waals surface area contributed by atoms with Crippen molar-refractivity contribution in [2.24, 2.45) is 0 Å². The molecule has 0 unspecified atom stereocenters. The summed E-state index contributed by atoms with van der Waals surface area (Å²) in [5, 5.41) is 0. The maximum Gasteiger partial charge on any atom is 0.340 e. The number of fused-ring (bicyclic) bond motifs is 1. The van der Waals surface area contributed by atoms with E-state index < -0.39 is 60.5 Å². The summed E-state index contributed by atoms with van der Waals surface area (Å²) in [7, 11) is 1.22. The number of pyridine rings is 1. The Morgan fingerprint density at radius 2 is 1.51 bits per heavy atom. The smallest absolute Gasteiger partial charge is 0.340 e. The standard InChI is InChI=1S/C23H27N3O11/c1-10-7-15(23(31)32-6)17-21(25-10)26(9-24-17)22-20(36-14(5)30)19(35-13(4)29)18(34-12(3)28)16(37-22)8-33-11(2)27/h7,9,16,18-20,22H,8H2,1-6H3/t16-,18-,19+,20-,22-/m1/s1. The van der Waals surface area contributed by atoms with Gasteiger partial charge in [-0.25, -0.2) is 14.8 Å². The molecule has 3 heterocycles. The number of aryl methyl sites for hydroxylation is 1. The Bertz CT molecular complexity index is 1220. The van der Waals surface area contributed by atoms with Gasteiger partial charge >= 0.3 is 29.8 Å². The summed E-state index contributed by atoms with van der Waals surface area (Å²) in [6.45, 7) is 5.83. The lowest BCUT2D eigenvalue weighted by Crippen LogP contribution is -2.60. The van der Waals surface area contributed by atoms with Crippen LogP contribution in [-0.2, 0) is 47.6 Å². The summed E-state index contributed by atoms with van der Waals surface area (Å²) >= 11 is 0. The average Bonchev–Trinajstić information content (AvgIpc) is 3.21. The van der Waals surface area contributed by atoms with E-state index in [1.165, 1.54) is 31.0 Å². The van der Waals surface area contributed by atoms with Gasteiger partial charge in [0.2, 0.25) is 0 Å². The lowest BCUT2D eigenvalue weighted by molar-refractivity contribution is -0.267. The number of imidazole rings is 1. The van der Waals surface area contributed by atoms with Crippen LogP contribution < -0.4 is 0 Å². The average molecular weight is 521 g/mol. The number of hydrogen-bond donors (Lipinski definition) is 0. The predicted octanol–water partition coefficient (Wildman–Crippen LogP) is 0.782. The van der Waals surface area contributed by atoms with Crippen LogP contribution in [0.4, 0.5) is 0 Å². The number of nitrogens with zero attached hydrogens (tertiary/aromatic N) is 3. The minimum absolute atomic E-state index is 0.134. The Balaban J connectivity index is 2.20. The SMILES string of the molecule is COC(=O)c1cc(C)nc2c1ncn2[C@@H]1O[C@H](COC(C)=O)[C@@H](OC(C)=O)[C@H](OC(C)=O)[C@H]1OC(C)=O. The van der Waals surface area contributed by atoms with Gasteiger partial charge in [0.15, 0.2) is 30.2 Å². The fourth-order valence-electron chi connectivity index (χ4n) is 4.01. The van der Waals surface area contributed by atoms with E-state index in [9.17, 15) is 24.0 Å². The van der Waals surface area contributed by atoms with Crippen LogP contribution in [-0.4, -0.2) is 82.5 Å². The maximum absolute atomic E-state index is 12.3. The molecule has 37 heavy (non-hydrogen) atoms. The molecular formula is C23H27N3O11. The van der Waals surface area contributed by atoms with E-state index >= 15 is 0 Å². The van der Waals surface area contributed by atoms with Crippen LogP contribution in [0.15, 0.2) is 12.4 Å². The van der Waals surface area contributed by atoms with Crippen LogP contribution in [0.2, 0.25) is 0 Å². The van der Waals surface area contributed by atoms with E-state index in [-0.39, 0.29) is 23.3 Å². The third-order valence-electron chi connectivity index (χ3n) is 5.30. The highest BCUT2D eigenvalue weighted by Crippen LogP contribution is 2.36. The van der Waals surface area contributed by atoms with Gasteiger partial charge in [-0.15, -0.1) is 0 Å². The Morgan fingerprint density at radius 3 is 2.08 bits per heavy atom. The van der Waals surface area contributed by atoms with Crippen LogP contribution in [0.25, 0.3) is 11.2 Å². The van der Waals surface area contributed by atoms with Crippen molar-refractivity contribution in [1.29, 1.82) is 0 Å². The molecule has 1 saturated heterocycles. The second-order valence-electron chi connectivity index (χ2n) is 8.22. The number of methoxy groups -OCH3 is 1. The van der Waals surface area contributed by atoms with Crippen molar-refractivity contribution in [3.8, 4) is 0 Å². The Morgan fingerprint density at radius 1 is 0.919 bits per heavy atom. The van der Waals surface area contributed by atoms with Crippen molar-refractivity contribution in [1.82, 2.24) is 14.5 Å². The minimum Gasteiger partial charge on any atom is -0.465 e. The first-order valence-electron chi connectivity index (χ1n) is 11.2. The van der Waals surface area contributed by atoms with Crippen molar-refractivity contribution in [2.45, 2.75) is 65.3 Å². The molecule has 2 aromatic heterocycles. The molecule has 0 amide bonds. The Kier molecular flexibility index (Phi) is 8.42. The third-order valence-corrected chi connectivity index (χ3v) is 5.30. The number of hydrogen-bond acceptors (Lipinski definition) is 13. The molecule has 0 saturated carbocycles. The molecule has 0 aliphatic carbocycles. The van der Waals surface area contributed by atoms with Crippen molar-refractivity contribution in [2.75, 3.05) is 13.7 Å². The summed E-state index contributed by atoms with van der Waals surface area (Å²) in [5.41, 5.74) is 0.918. The normalized spacial score (nSPS) is 23.1. The van der Waals surface area contributed by atoms with Crippen LogP contribution in [0, 0.1) is 6.92 Å². The van der Waals surface area contributed by atoms with Crippen molar-refractivity contribution < 1.29 is 52.4 Å². The van der Waals surface area contributed by atoms with Gasteiger partial charge in [-0.2, -0.15) is 0 Å². The molecule has 2 aromatic rings. The van der Waals surface area contributed by atoms with Gasteiger partial charge in [-0.05, 0) is 13.0 Å². The minimum atomic E-state index is -1.37. The number of rotatable bonds is 7. The largest absolute Gasteiger partial charge is 0.465 e. The van der Waals surface area contributed by atoms with Crippen molar-refractivity contribution in [3.63, 3.8) is 0 Å². The molecular weight excluding hydrogens is 494 g/mol. The monoisotopic (exact) mass is 521 g/mol. The van der Waals surface area contributed by atoms with E-state index in [0.29, 0.717) is 5.69 Å². The lowest BCUT2D eigenvalue weighted by atomic mass is 9.97. The van der Waals surface area contributed by atoms with E-state index in [1.54, 1.807) is 6.92 Å². The molecule has 200 valence electrons. The molecule has 0 aromatic carbocycles. The first kappa shape index (κ1) is 27.5. The topological polar surface area (TPSA) is 171 Å². The fraction of sp³-hybridized carbons (Fsp3) is 0.522. The van der Waals surface area contributed by atoms with Gasteiger partial charge in [-0.1, -0.05) is 0 Å². The molecule has 5 atom stereocenters. The molecule has 14 heteroatoms. The molecule has 0 radical (unpaired) electrons. The number of carbonyl (C=O) groups excluding carboxylic acids is 5. The van der Waals surface area contributed by atoms with Gasteiger partial charge in [0.1, 0.15) is 18.2 Å². The van der Waals surface area contributed by atoms with Crippen LogP contribution in [0.1, 0.15) is 50.0 Å². The van der Waals surface area contributed by atoms with Gasteiger partial charge < -0.3 is 28.4 Å². The lowest BCUT2D eigenvalue weighted by Gasteiger charge is -2.44. The van der Waals surface area contributed by atoms with Crippen molar-refractivity contribution >= 4 is 41.0 Å². The van der Waals surface area contributed by atoms with Gasteiger partial charge in [-0.3, -0.25) is 23.7 Å². The van der Waals surface area contributed by atoms with Gasteiger partial charge in [0.05, 0.1) is 19.0 Å². The quantitative estimate of drug-likeness (QED) is 0.370. The molecule has 1 aliphatic heterocycles. The van der Waals surface area contributed by atoms with Gasteiger partial charge in [0, 0.05) is 33.4 Å². The molecule has 0 bridgehead atoms. The van der Waals surface area contributed by atoms with Crippen LogP contribution in [0.3, 0.4) is 0 Å². The number of ether oxygens (including phenoxy) is 6. The first-order valence-corrected chi connectivity index (χ1v) is 11.2. The first-order chi connectivity index (χ1) is 17.4. The summed E-state index contributed by atoms with van der Waals surface area (Å²) < 4.78 is 33.8. The molecule has 3 rings (SSSR count). The zero-order chi connectivity index (χ0) is 27.4. The van der Waals surface area contributed by atoms with Crippen molar-refractivity contribution in [3.05, 3.63) is 23.7 Å². The predicted molar refractivity (Wildman–Crippen MR) is 121 cm³/mol. The highest BCUT2D eigenvalue weighted by Gasteiger charge is 2.53. The third kappa shape index (κ3) is 6.20. The number of esters is 5. The number of aromatic nitrogens is 3. The number of carbonyl (C=O) groups is 5. The van der Waals surface area contributed by atoms with Gasteiger partial charge in [0.25, 0.3) is 0 Å². The zero-order valence-electron chi connectivity index (χ0n) is 21.1.